The van der Waals surface area contributed by atoms with Gasteiger partial charge in [0.05, 0.1) is 33.5 Å². The van der Waals surface area contributed by atoms with E-state index in [1.165, 1.54) is 37.0 Å². The van der Waals surface area contributed by atoms with Crippen molar-refractivity contribution in [3.8, 4) is 16.9 Å². The number of ether oxygens (including phenoxy) is 1. The molecule has 0 saturated carbocycles. The van der Waals surface area contributed by atoms with Crippen LogP contribution in [0.2, 0.25) is 0 Å². The Balaban J connectivity index is 2.02. The van der Waals surface area contributed by atoms with Gasteiger partial charge in [-0.2, -0.15) is 5.10 Å². The van der Waals surface area contributed by atoms with Crippen LogP contribution < -0.4 is 0 Å². The van der Waals surface area contributed by atoms with Gasteiger partial charge in [0.25, 0.3) is 0 Å². The van der Waals surface area contributed by atoms with Crippen molar-refractivity contribution in [3.63, 3.8) is 0 Å². The standard InChI is InChI=1S/C21H21N3O6S2/c1-4-30-21(25)19-17-13-31(26,27)18-11-6-5-10-16(18)20(17)24(22-19)14-8-7-9-15(12-14)32(28,29)23(2)3/h5-12H,4,13H2,1-3H3. The number of hydrogen-bond donors (Lipinski definition) is 0. The first kappa shape index (κ1) is 22.2. The molecule has 2 aromatic carbocycles. The molecule has 1 aromatic heterocycles. The van der Waals surface area contributed by atoms with E-state index in [2.05, 4.69) is 5.10 Å². The topological polar surface area (TPSA) is 116 Å². The molecule has 0 bridgehead atoms. The summed E-state index contributed by atoms with van der Waals surface area (Å²) in [7, 11) is -4.57. The number of carbonyl (C=O) groups is 1. The molecule has 4 rings (SSSR count). The SMILES string of the molecule is CCOC(=O)c1nn(-c2cccc(S(=O)(=O)N(C)C)c2)c2c1CS(=O)(=O)c1ccccc1-2. The second-order valence-corrected chi connectivity index (χ2v) is 11.5. The van der Waals surface area contributed by atoms with E-state index in [0.717, 1.165) is 4.31 Å². The molecule has 32 heavy (non-hydrogen) atoms. The smallest absolute Gasteiger partial charge is 0.359 e. The van der Waals surface area contributed by atoms with E-state index in [1.807, 2.05) is 0 Å². The van der Waals surface area contributed by atoms with Gasteiger partial charge in [-0.15, -0.1) is 0 Å². The average Bonchev–Trinajstić information content (AvgIpc) is 3.13. The molecule has 168 valence electrons. The summed E-state index contributed by atoms with van der Waals surface area (Å²) in [5, 5.41) is 4.38. The van der Waals surface area contributed by atoms with E-state index in [0.29, 0.717) is 16.9 Å². The van der Waals surface area contributed by atoms with Gasteiger partial charge >= 0.3 is 5.97 Å². The number of rotatable bonds is 5. The molecule has 9 nitrogen and oxygen atoms in total. The van der Waals surface area contributed by atoms with Crippen LogP contribution in [0.25, 0.3) is 16.9 Å². The molecule has 0 fully saturated rings. The van der Waals surface area contributed by atoms with Crippen LogP contribution in [0.1, 0.15) is 23.0 Å². The van der Waals surface area contributed by atoms with Crippen molar-refractivity contribution < 1.29 is 26.4 Å². The highest BCUT2D eigenvalue weighted by Crippen LogP contribution is 2.40. The molecular formula is C21H21N3O6S2. The summed E-state index contributed by atoms with van der Waals surface area (Å²) in [6.07, 6.45) is 0. The van der Waals surface area contributed by atoms with Crippen LogP contribution in [0.4, 0.5) is 0 Å². The largest absolute Gasteiger partial charge is 0.461 e. The van der Waals surface area contributed by atoms with E-state index in [4.69, 9.17) is 4.74 Å². The van der Waals surface area contributed by atoms with Crippen LogP contribution in [0, 0.1) is 0 Å². The molecule has 0 atom stereocenters. The predicted molar refractivity (Wildman–Crippen MR) is 117 cm³/mol. The Bertz CT molecular complexity index is 1440. The minimum Gasteiger partial charge on any atom is -0.461 e. The quantitative estimate of drug-likeness (QED) is 0.520. The zero-order chi connectivity index (χ0) is 23.3. The molecule has 0 radical (unpaired) electrons. The summed E-state index contributed by atoms with van der Waals surface area (Å²) < 4.78 is 58.7. The molecule has 0 saturated heterocycles. The highest BCUT2D eigenvalue weighted by Gasteiger charge is 2.36. The number of sulfonamides is 1. The Morgan fingerprint density at radius 1 is 1.16 bits per heavy atom. The van der Waals surface area contributed by atoms with Gasteiger partial charge in [-0.1, -0.05) is 24.3 Å². The van der Waals surface area contributed by atoms with Crippen molar-refractivity contribution in [2.75, 3.05) is 20.7 Å². The molecule has 2 heterocycles. The lowest BCUT2D eigenvalue weighted by molar-refractivity contribution is 0.0518. The molecule has 0 spiro atoms. The lowest BCUT2D eigenvalue weighted by Gasteiger charge is -2.19. The first-order valence-electron chi connectivity index (χ1n) is 9.72. The first-order chi connectivity index (χ1) is 15.1. The number of esters is 1. The third-order valence-electron chi connectivity index (χ3n) is 5.10. The molecule has 0 unspecified atom stereocenters. The van der Waals surface area contributed by atoms with Crippen molar-refractivity contribution >= 4 is 25.8 Å². The number of sulfone groups is 1. The summed E-state index contributed by atoms with van der Waals surface area (Å²) in [6.45, 7) is 1.74. The van der Waals surface area contributed by atoms with Gasteiger partial charge in [0.15, 0.2) is 15.5 Å². The lowest BCUT2D eigenvalue weighted by Crippen LogP contribution is -2.22. The lowest BCUT2D eigenvalue weighted by atomic mass is 10.1. The second kappa shape index (κ2) is 7.84. The summed E-state index contributed by atoms with van der Waals surface area (Å²) in [5.41, 5.74) is 1.29. The Kier molecular flexibility index (Phi) is 5.43. The highest BCUT2D eigenvalue weighted by atomic mass is 32.2. The third-order valence-corrected chi connectivity index (χ3v) is 8.61. The molecular weight excluding hydrogens is 454 g/mol. The third kappa shape index (κ3) is 3.51. The number of hydrogen-bond acceptors (Lipinski definition) is 7. The maximum atomic E-state index is 12.9. The second-order valence-electron chi connectivity index (χ2n) is 7.35. The number of aromatic nitrogens is 2. The zero-order valence-corrected chi connectivity index (χ0v) is 19.3. The van der Waals surface area contributed by atoms with Gasteiger partial charge in [0.2, 0.25) is 10.0 Å². The maximum absolute atomic E-state index is 12.9. The van der Waals surface area contributed by atoms with Crippen molar-refractivity contribution in [1.29, 1.82) is 0 Å². The van der Waals surface area contributed by atoms with Crippen LogP contribution in [0.5, 0.6) is 0 Å². The molecule has 0 amide bonds. The summed E-state index contributed by atoms with van der Waals surface area (Å²) >= 11 is 0. The van der Waals surface area contributed by atoms with Crippen molar-refractivity contribution in [1.82, 2.24) is 14.1 Å². The first-order valence-corrected chi connectivity index (χ1v) is 12.8. The fourth-order valence-corrected chi connectivity index (χ4v) is 6.14. The van der Waals surface area contributed by atoms with Crippen LogP contribution in [0.3, 0.4) is 0 Å². The normalized spacial score (nSPS) is 14.6. The Morgan fingerprint density at radius 2 is 1.88 bits per heavy atom. The van der Waals surface area contributed by atoms with Crippen molar-refractivity contribution in [2.45, 2.75) is 22.5 Å². The Labute approximate surface area is 186 Å². The van der Waals surface area contributed by atoms with Gasteiger partial charge in [-0.3, -0.25) is 0 Å². The summed E-state index contributed by atoms with van der Waals surface area (Å²) in [4.78, 5) is 12.8. The van der Waals surface area contributed by atoms with E-state index >= 15 is 0 Å². The summed E-state index contributed by atoms with van der Waals surface area (Å²) in [5.74, 6) is -1.16. The van der Waals surface area contributed by atoms with E-state index < -0.39 is 31.6 Å². The van der Waals surface area contributed by atoms with Crippen molar-refractivity contribution in [2.24, 2.45) is 0 Å². The Morgan fingerprint density at radius 3 is 2.56 bits per heavy atom. The number of carbonyl (C=O) groups excluding carboxylic acids is 1. The van der Waals surface area contributed by atoms with Gasteiger partial charge in [0.1, 0.15) is 0 Å². The number of fused-ring (bicyclic) bond motifs is 3. The van der Waals surface area contributed by atoms with Crippen LogP contribution in [-0.2, 0) is 30.4 Å². The average molecular weight is 476 g/mol. The van der Waals surface area contributed by atoms with Gasteiger partial charge in [-0.05, 0) is 31.2 Å². The monoisotopic (exact) mass is 475 g/mol. The van der Waals surface area contributed by atoms with E-state index in [1.54, 1.807) is 37.3 Å². The highest BCUT2D eigenvalue weighted by molar-refractivity contribution is 7.91. The molecule has 1 aliphatic rings. The number of benzene rings is 2. The Hall–Kier alpha value is -3.02. The van der Waals surface area contributed by atoms with Gasteiger partial charge < -0.3 is 4.74 Å². The van der Waals surface area contributed by atoms with E-state index in [9.17, 15) is 21.6 Å². The maximum Gasteiger partial charge on any atom is 0.359 e. The molecule has 3 aromatic rings. The van der Waals surface area contributed by atoms with Crippen molar-refractivity contribution in [3.05, 3.63) is 59.8 Å². The molecule has 0 aliphatic carbocycles. The fraction of sp³-hybridized carbons (Fsp3) is 0.238. The zero-order valence-electron chi connectivity index (χ0n) is 17.6. The minimum atomic E-state index is -3.72. The van der Waals surface area contributed by atoms with Gasteiger partial charge in [-0.25, -0.2) is 30.6 Å². The number of nitrogens with zero attached hydrogens (tertiary/aromatic N) is 3. The van der Waals surface area contributed by atoms with E-state index in [-0.39, 0.29) is 27.7 Å². The van der Waals surface area contributed by atoms with Gasteiger partial charge in [0, 0.05) is 25.2 Å². The minimum absolute atomic E-state index is 0.0404. The summed E-state index contributed by atoms with van der Waals surface area (Å²) in [6, 6.07) is 12.6. The fourth-order valence-electron chi connectivity index (χ4n) is 3.60. The molecule has 11 heteroatoms. The predicted octanol–water partition coefficient (Wildman–Crippen LogP) is 2.25. The van der Waals surface area contributed by atoms with Crippen LogP contribution in [0.15, 0.2) is 58.3 Å². The van der Waals surface area contributed by atoms with Crippen LogP contribution >= 0.6 is 0 Å². The molecule has 0 N–H and O–H groups in total. The molecule has 1 aliphatic heterocycles. The van der Waals surface area contributed by atoms with Crippen LogP contribution in [-0.4, -0.2) is 57.6 Å².